The van der Waals surface area contributed by atoms with Crippen molar-refractivity contribution in [3.63, 3.8) is 0 Å². The molecular weight excluding hydrogens is 482 g/mol. The Kier molecular flexibility index (Phi) is 9.92. The van der Waals surface area contributed by atoms with Crippen LogP contribution in [0.15, 0.2) is 82.5 Å². The lowest BCUT2D eigenvalue weighted by atomic mass is 10.2. The van der Waals surface area contributed by atoms with Crippen LogP contribution in [-0.2, 0) is 33.0 Å². The standard InChI is InChI=1S/C26H33N3O6S/c1-21(2)17-29(36(31,32)25-11-9-24(27)10-12-25)15-6-14-28(18-22-7-4-3-5-8-22)26(30)35-34-20-23-13-16-33-19-23/h3-5,7-13,16,19,21H,6,14-15,17-18,20,27H2,1-2H3. The summed E-state index contributed by atoms with van der Waals surface area (Å²) in [5.74, 6) is 0.121. The number of amides is 1. The fourth-order valence-corrected chi connectivity index (χ4v) is 5.20. The Hall–Kier alpha value is -3.34. The molecule has 3 aromatic rings. The number of rotatable bonds is 13. The number of sulfonamides is 1. The average molecular weight is 516 g/mol. The largest absolute Gasteiger partial charge is 0.472 e. The van der Waals surface area contributed by atoms with E-state index in [1.54, 1.807) is 18.2 Å². The van der Waals surface area contributed by atoms with Crippen molar-refractivity contribution >= 4 is 21.8 Å². The Morgan fingerprint density at radius 3 is 2.36 bits per heavy atom. The number of hydrogen-bond acceptors (Lipinski definition) is 7. The Morgan fingerprint density at radius 1 is 1.00 bits per heavy atom. The van der Waals surface area contributed by atoms with Crippen LogP contribution in [0.1, 0.15) is 31.4 Å². The third-order valence-corrected chi connectivity index (χ3v) is 7.21. The van der Waals surface area contributed by atoms with Crippen LogP contribution in [0, 0.1) is 5.92 Å². The number of nitrogen functional groups attached to an aromatic ring is 1. The van der Waals surface area contributed by atoms with Crippen molar-refractivity contribution in [3.8, 4) is 0 Å². The van der Waals surface area contributed by atoms with Gasteiger partial charge in [-0.1, -0.05) is 44.2 Å². The summed E-state index contributed by atoms with van der Waals surface area (Å²) in [6.45, 7) is 5.13. The molecule has 10 heteroatoms. The number of anilines is 1. The molecule has 1 aromatic heterocycles. The molecule has 3 rings (SSSR count). The second-order valence-corrected chi connectivity index (χ2v) is 10.8. The number of benzene rings is 2. The van der Waals surface area contributed by atoms with Gasteiger partial charge >= 0.3 is 6.09 Å². The molecule has 0 fully saturated rings. The summed E-state index contributed by atoms with van der Waals surface area (Å²) in [6, 6.07) is 17.3. The molecule has 0 aliphatic rings. The lowest BCUT2D eigenvalue weighted by Gasteiger charge is -2.26. The number of furan rings is 1. The fraction of sp³-hybridized carbons (Fsp3) is 0.346. The lowest BCUT2D eigenvalue weighted by Crippen LogP contribution is -2.38. The molecule has 0 saturated heterocycles. The molecule has 0 unspecified atom stereocenters. The molecule has 0 atom stereocenters. The summed E-state index contributed by atoms with van der Waals surface area (Å²) in [4.78, 5) is 24.6. The molecule has 0 aliphatic heterocycles. The van der Waals surface area contributed by atoms with E-state index in [4.69, 9.17) is 19.9 Å². The molecule has 9 nitrogen and oxygen atoms in total. The summed E-state index contributed by atoms with van der Waals surface area (Å²) < 4.78 is 33.0. The quantitative estimate of drug-likeness (QED) is 0.200. The Labute approximate surface area is 212 Å². The summed E-state index contributed by atoms with van der Waals surface area (Å²) >= 11 is 0. The summed E-state index contributed by atoms with van der Waals surface area (Å²) in [7, 11) is -3.72. The summed E-state index contributed by atoms with van der Waals surface area (Å²) in [5.41, 5.74) is 7.86. The maximum atomic E-state index is 13.3. The maximum absolute atomic E-state index is 13.3. The molecule has 0 saturated carbocycles. The van der Waals surface area contributed by atoms with Crippen LogP contribution in [0.3, 0.4) is 0 Å². The molecule has 0 bridgehead atoms. The second-order valence-electron chi connectivity index (χ2n) is 8.83. The van der Waals surface area contributed by atoms with Crippen molar-refractivity contribution in [1.29, 1.82) is 0 Å². The SMILES string of the molecule is CC(C)CN(CCCN(Cc1ccccc1)C(=O)OOCc1ccoc1)S(=O)(=O)c1ccc(N)cc1. The van der Waals surface area contributed by atoms with E-state index in [1.165, 1.54) is 33.9 Å². The zero-order valence-electron chi connectivity index (χ0n) is 20.6. The molecule has 194 valence electrons. The normalized spacial score (nSPS) is 11.7. The Bertz CT molecular complexity index is 1170. The third-order valence-electron chi connectivity index (χ3n) is 5.33. The zero-order valence-corrected chi connectivity index (χ0v) is 21.4. The van der Waals surface area contributed by atoms with Crippen molar-refractivity contribution in [2.75, 3.05) is 25.4 Å². The van der Waals surface area contributed by atoms with Gasteiger partial charge in [0.2, 0.25) is 10.0 Å². The van der Waals surface area contributed by atoms with Gasteiger partial charge in [-0.15, -0.1) is 0 Å². The van der Waals surface area contributed by atoms with Gasteiger partial charge in [-0.05, 0) is 48.2 Å². The van der Waals surface area contributed by atoms with Crippen LogP contribution in [0.4, 0.5) is 10.5 Å². The number of carbonyl (C=O) groups excluding carboxylic acids is 1. The first-order valence-corrected chi connectivity index (χ1v) is 13.2. The number of nitrogens with zero attached hydrogens (tertiary/aromatic N) is 2. The predicted molar refractivity (Wildman–Crippen MR) is 136 cm³/mol. The van der Waals surface area contributed by atoms with Gasteiger partial charge in [0.25, 0.3) is 0 Å². The smallest absolute Gasteiger partial charge is 0.441 e. The highest BCUT2D eigenvalue weighted by molar-refractivity contribution is 7.89. The van der Waals surface area contributed by atoms with Gasteiger partial charge in [0.05, 0.1) is 17.4 Å². The molecule has 1 heterocycles. The monoisotopic (exact) mass is 515 g/mol. The van der Waals surface area contributed by atoms with Crippen molar-refractivity contribution < 1.29 is 27.4 Å². The minimum Gasteiger partial charge on any atom is -0.472 e. The number of nitrogens with two attached hydrogens (primary N) is 1. The van der Waals surface area contributed by atoms with E-state index >= 15 is 0 Å². The van der Waals surface area contributed by atoms with Gasteiger partial charge in [0, 0.05) is 37.4 Å². The van der Waals surface area contributed by atoms with Crippen LogP contribution in [0.5, 0.6) is 0 Å². The fourth-order valence-electron chi connectivity index (χ4n) is 3.56. The molecule has 0 aliphatic carbocycles. The van der Waals surface area contributed by atoms with Crippen LogP contribution in [0.25, 0.3) is 0 Å². The first-order valence-electron chi connectivity index (χ1n) is 11.7. The molecular formula is C26H33N3O6S. The highest BCUT2D eigenvalue weighted by Gasteiger charge is 2.26. The topological polar surface area (TPSA) is 115 Å². The van der Waals surface area contributed by atoms with E-state index < -0.39 is 16.1 Å². The molecule has 0 radical (unpaired) electrons. The summed E-state index contributed by atoms with van der Waals surface area (Å²) in [6.07, 6.45) is 2.76. The van der Waals surface area contributed by atoms with E-state index in [1.807, 2.05) is 44.2 Å². The van der Waals surface area contributed by atoms with Crippen molar-refractivity contribution in [2.24, 2.45) is 5.92 Å². The van der Waals surface area contributed by atoms with Gasteiger partial charge < -0.3 is 15.1 Å². The first-order chi connectivity index (χ1) is 17.3. The van der Waals surface area contributed by atoms with Gasteiger partial charge in [0.15, 0.2) is 0 Å². The van der Waals surface area contributed by atoms with E-state index in [9.17, 15) is 13.2 Å². The van der Waals surface area contributed by atoms with E-state index in [0.717, 1.165) is 11.1 Å². The number of carbonyl (C=O) groups is 1. The average Bonchev–Trinajstić information content (AvgIpc) is 3.37. The number of hydrogen-bond donors (Lipinski definition) is 1. The molecule has 36 heavy (non-hydrogen) atoms. The third kappa shape index (κ3) is 8.11. The van der Waals surface area contributed by atoms with Crippen molar-refractivity contribution in [1.82, 2.24) is 9.21 Å². The van der Waals surface area contributed by atoms with E-state index in [-0.39, 0.29) is 30.5 Å². The molecule has 2 N–H and O–H groups in total. The molecule has 0 spiro atoms. The highest BCUT2D eigenvalue weighted by atomic mass is 32.2. The second kappa shape index (κ2) is 13.1. The van der Waals surface area contributed by atoms with Gasteiger partial charge in [-0.2, -0.15) is 9.19 Å². The van der Waals surface area contributed by atoms with Crippen LogP contribution in [0.2, 0.25) is 0 Å². The van der Waals surface area contributed by atoms with Crippen LogP contribution in [-0.4, -0.2) is 43.4 Å². The van der Waals surface area contributed by atoms with Crippen LogP contribution >= 0.6 is 0 Å². The predicted octanol–water partition coefficient (Wildman–Crippen LogP) is 4.67. The zero-order chi connectivity index (χ0) is 26.0. The summed E-state index contributed by atoms with van der Waals surface area (Å²) in [5, 5.41) is 0. The minimum absolute atomic E-state index is 0.0589. The van der Waals surface area contributed by atoms with Crippen molar-refractivity contribution in [2.45, 2.75) is 38.3 Å². The van der Waals surface area contributed by atoms with Gasteiger partial charge in [-0.25, -0.2) is 13.2 Å². The Morgan fingerprint density at radius 2 is 1.72 bits per heavy atom. The minimum atomic E-state index is -3.72. The van der Waals surface area contributed by atoms with Crippen LogP contribution < -0.4 is 5.73 Å². The lowest BCUT2D eigenvalue weighted by molar-refractivity contribution is -0.256. The van der Waals surface area contributed by atoms with E-state index in [0.29, 0.717) is 25.2 Å². The van der Waals surface area contributed by atoms with Gasteiger partial charge in [-0.3, -0.25) is 4.89 Å². The van der Waals surface area contributed by atoms with Crippen molar-refractivity contribution in [3.05, 3.63) is 84.3 Å². The van der Waals surface area contributed by atoms with E-state index in [2.05, 4.69) is 0 Å². The maximum Gasteiger partial charge on any atom is 0.441 e. The molecule has 1 amide bonds. The molecule has 2 aromatic carbocycles. The van der Waals surface area contributed by atoms with Gasteiger partial charge in [0.1, 0.15) is 6.61 Å². The first kappa shape index (κ1) is 27.3. The highest BCUT2D eigenvalue weighted by Crippen LogP contribution is 2.19. The Balaban J connectivity index is 1.66.